The zero-order chi connectivity index (χ0) is 18.4. The summed E-state index contributed by atoms with van der Waals surface area (Å²) >= 11 is 3.03. The van der Waals surface area contributed by atoms with Gasteiger partial charge in [0.25, 0.3) is 0 Å². The molecular formula is C18H19N3O4S2. The van der Waals surface area contributed by atoms with Crippen LogP contribution in [0.25, 0.3) is 10.2 Å². The molecule has 0 radical (unpaired) electrons. The standard InChI is InChI=1S/C18H19N3O4S2/c22-16(12-8-26-9-21(12)17(23)10-2-1-3-10)20-18-19-11-6-13-14(7-15(11)27-18)25-5-4-24-13/h6-7,10,12H,1-5,8-9H2,(H,19,20,22). The van der Waals surface area contributed by atoms with Gasteiger partial charge in [-0.1, -0.05) is 17.8 Å². The molecule has 5 rings (SSSR count). The van der Waals surface area contributed by atoms with Gasteiger partial charge < -0.3 is 19.7 Å². The van der Waals surface area contributed by atoms with E-state index in [4.69, 9.17) is 9.47 Å². The number of thiazole rings is 1. The van der Waals surface area contributed by atoms with Crippen molar-refractivity contribution in [3.05, 3.63) is 12.1 Å². The van der Waals surface area contributed by atoms with Crippen molar-refractivity contribution in [2.75, 3.05) is 30.2 Å². The van der Waals surface area contributed by atoms with Gasteiger partial charge in [0.1, 0.15) is 19.3 Å². The molecule has 1 aromatic heterocycles. The highest BCUT2D eigenvalue weighted by Gasteiger charge is 2.39. The van der Waals surface area contributed by atoms with E-state index in [9.17, 15) is 9.59 Å². The number of ether oxygens (including phenoxy) is 2. The molecular weight excluding hydrogens is 386 g/mol. The van der Waals surface area contributed by atoms with Crippen molar-refractivity contribution in [3.8, 4) is 11.5 Å². The normalized spacial score (nSPS) is 21.9. The molecule has 1 aliphatic carbocycles. The number of anilines is 1. The van der Waals surface area contributed by atoms with Crippen molar-refractivity contribution in [2.45, 2.75) is 25.3 Å². The second kappa shape index (κ2) is 6.87. The molecule has 1 N–H and O–H groups in total. The lowest BCUT2D eigenvalue weighted by Gasteiger charge is -2.31. The number of carbonyl (C=O) groups is 2. The second-order valence-electron chi connectivity index (χ2n) is 6.92. The highest BCUT2D eigenvalue weighted by molar-refractivity contribution is 7.99. The van der Waals surface area contributed by atoms with E-state index in [1.54, 1.807) is 16.7 Å². The van der Waals surface area contributed by atoms with Gasteiger partial charge in [0, 0.05) is 23.8 Å². The lowest BCUT2D eigenvalue weighted by Crippen LogP contribution is -2.47. The first-order valence-corrected chi connectivity index (χ1v) is 11.1. The van der Waals surface area contributed by atoms with Crippen LogP contribution in [0.5, 0.6) is 11.5 Å². The SMILES string of the molecule is O=C(Nc1nc2cc3c(cc2s1)OCCO3)C1CSCN1C(=O)C1CCC1. The van der Waals surface area contributed by atoms with Gasteiger partial charge in [-0.25, -0.2) is 4.98 Å². The topological polar surface area (TPSA) is 80.8 Å². The molecule has 27 heavy (non-hydrogen) atoms. The molecule has 7 nitrogen and oxygen atoms in total. The Labute approximate surface area is 164 Å². The molecule has 9 heteroatoms. The van der Waals surface area contributed by atoms with Crippen molar-refractivity contribution in [3.63, 3.8) is 0 Å². The molecule has 1 atom stereocenters. The molecule has 1 saturated heterocycles. The predicted octanol–water partition coefficient (Wildman–Crippen LogP) is 2.71. The molecule has 1 saturated carbocycles. The van der Waals surface area contributed by atoms with Crippen LogP contribution in [0.3, 0.4) is 0 Å². The third kappa shape index (κ3) is 3.12. The molecule has 3 heterocycles. The minimum absolute atomic E-state index is 0.104. The van der Waals surface area contributed by atoms with Gasteiger partial charge in [-0.2, -0.15) is 0 Å². The zero-order valence-corrected chi connectivity index (χ0v) is 16.2. The number of amides is 2. The maximum Gasteiger partial charge on any atom is 0.249 e. The minimum atomic E-state index is -0.421. The molecule has 1 aromatic carbocycles. The first-order valence-electron chi connectivity index (χ1n) is 9.08. The first-order chi connectivity index (χ1) is 13.2. The summed E-state index contributed by atoms with van der Waals surface area (Å²) in [7, 11) is 0. The van der Waals surface area contributed by atoms with Crippen LogP contribution in [0.2, 0.25) is 0 Å². The first kappa shape index (κ1) is 17.1. The summed E-state index contributed by atoms with van der Waals surface area (Å²) in [4.78, 5) is 31.6. The summed E-state index contributed by atoms with van der Waals surface area (Å²) in [6.07, 6.45) is 3.00. The number of rotatable bonds is 3. The predicted molar refractivity (Wildman–Crippen MR) is 105 cm³/mol. The maximum absolute atomic E-state index is 12.8. The number of carbonyl (C=O) groups excluding carboxylic acids is 2. The Morgan fingerprint density at radius 1 is 1.19 bits per heavy atom. The quantitative estimate of drug-likeness (QED) is 0.846. The third-order valence-corrected chi connectivity index (χ3v) is 7.15. The number of fused-ring (bicyclic) bond motifs is 2. The lowest BCUT2D eigenvalue weighted by atomic mass is 9.84. The van der Waals surface area contributed by atoms with Crippen LogP contribution in [0.1, 0.15) is 19.3 Å². The van der Waals surface area contributed by atoms with E-state index in [-0.39, 0.29) is 17.7 Å². The highest BCUT2D eigenvalue weighted by atomic mass is 32.2. The van der Waals surface area contributed by atoms with Gasteiger partial charge in [-0.3, -0.25) is 9.59 Å². The Balaban J connectivity index is 1.33. The van der Waals surface area contributed by atoms with Gasteiger partial charge in [-0.05, 0) is 12.8 Å². The number of hydrogen-bond acceptors (Lipinski definition) is 7. The smallest absolute Gasteiger partial charge is 0.249 e. The number of nitrogens with zero attached hydrogens (tertiary/aromatic N) is 2. The van der Waals surface area contributed by atoms with E-state index in [1.165, 1.54) is 11.3 Å². The van der Waals surface area contributed by atoms with Gasteiger partial charge in [0.15, 0.2) is 16.6 Å². The van der Waals surface area contributed by atoms with Crippen molar-refractivity contribution >= 4 is 50.3 Å². The summed E-state index contributed by atoms with van der Waals surface area (Å²) in [6, 6.07) is 3.32. The van der Waals surface area contributed by atoms with Gasteiger partial charge in [0.2, 0.25) is 11.8 Å². The maximum atomic E-state index is 12.8. The summed E-state index contributed by atoms with van der Waals surface area (Å²) < 4.78 is 12.1. The van der Waals surface area contributed by atoms with Crippen molar-refractivity contribution < 1.29 is 19.1 Å². The van der Waals surface area contributed by atoms with E-state index < -0.39 is 6.04 Å². The number of nitrogens with one attached hydrogen (secondary N) is 1. The molecule has 0 bridgehead atoms. The fourth-order valence-corrected chi connectivity index (χ4v) is 5.52. The van der Waals surface area contributed by atoms with Gasteiger partial charge in [-0.15, -0.1) is 11.8 Å². The van der Waals surface area contributed by atoms with E-state index in [0.717, 1.165) is 29.5 Å². The molecule has 3 aliphatic rings. The molecule has 2 aromatic rings. The average molecular weight is 406 g/mol. The van der Waals surface area contributed by atoms with E-state index in [2.05, 4.69) is 10.3 Å². The average Bonchev–Trinajstić information content (AvgIpc) is 3.24. The van der Waals surface area contributed by atoms with Crippen molar-refractivity contribution in [2.24, 2.45) is 5.92 Å². The molecule has 2 fully saturated rings. The summed E-state index contributed by atoms with van der Waals surface area (Å²) in [5.74, 6) is 2.68. The Kier molecular flexibility index (Phi) is 4.35. The van der Waals surface area contributed by atoms with Crippen LogP contribution in [0, 0.1) is 5.92 Å². The van der Waals surface area contributed by atoms with E-state index in [1.807, 2.05) is 12.1 Å². The monoisotopic (exact) mass is 405 g/mol. The van der Waals surface area contributed by atoms with Crippen molar-refractivity contribution in [1.82, 2.24) is 9.88 Å². The van der Waals surface area contributed by atoms with Crippen LogP contribution in [0.4, 0.5) is 5.13 Å². The van der Waals surface area contributed by atoms with Crippen LogP contribution < -0.4 is 14.8 Å². The number of thioether (sulfide) groups is 1. The Morgan fingerprint density at radius 3 is 2.70 bits per heavy atom. The lowest BCUT2D eigenvalue weighted by molar-refractivity contribution is -0.141. The zero-order valence-electron chi connectivity index (χ0n) is 14.6. The largest absolute Gasteiger partial charge is 0.486 e. The number of aromatic nitrogens is 1. The second-order valence-corrected chi connectivity index (χ2v) is 8.95. The summed E-state index contributed by atoms with van der Waals surface area (Å²) in [6.45, 7) is 1.06. The summed E-state index contributed by atoms with van der Waals surface area (Å²) in [5.41, 5.74) is 0.766. The van der Waals surface area contributed by atoms with E-state index in [0.29, 0.717) is 41.5 Å². The van der Waals surface area contributed by atoms with E-state index >= 15 is 0 Å². The molecule has 142 valence electrons. The summed E-state index contributed by atoms with van der Waals surface area (Å²) in [5, 5.41) is 3.44. The fraction of sp³-hybridized carbons (Fsp3) is 0.500. The van der Waals surface area contributed by atoms with Crippen molar-refractivity contribution in [1.29, 1.82) is 0 Å². The number of benzene rings is 1. The Hall–Kier alpha value is -2.00. The number of hydrogen-bond donors (Lipinski definition) is 1. The van der Waals surface area contributed by atoms with Crippen LogP contribution >= 0.6 is 23.1 Å². The fourth-order valence-electron chi connectivity index (χ4n) is 3.47. The minimum Gasteiger partial charge on any atom is -0.486 e. The Bertz CT molecular complexity index is 868. The Morgan fingerprint density at radius 2 is 1.96 bits per heavy atom. The van der Waals surface area contributed by atoms with Gasteiger partial charge in [0.05, 0.1) is 16.1 Å². The third-order valence-electron chi connectivity index (χ3n) is 5.20. The van der Waals surface area contributed by atoms with Crippen LogP contribution in [-0.2, 0) is 9.59 Å². The molecule has 1 unspecified atom stereocenters. The highest BCUT2D eigenvalue weighted by Crippen LogP contribution is 2.38. The van der Waals surface area contributed by atoms with Crippen LogP contribution in [-0.4, -0.2) is 52.6 Å². The molecule has 2 amide bonds. The van der Waals surface area contributed by atoms with Gasteiger partial charge >= 0.3 is 0 Å². The molecule has 0 spiro atoms. The molecule has 2 aliphatic heterocycles. The van der Waals surface area contributed by atoms with Crippen LogP contribution in [0.15, 0.2) is 12.1 Å².